The second-order valence-corrected chi connectivity index (χ2v) is 5.49. The number of hydrogen-bond donors (Lipinski definition) is 1. The maximum atomic E-state index is 6.17. The second kappa shape index (κ2) is 6.71. The van der Waals surface area contributed by atoms with Crippen molar-refractivity contribution in [3.63, 3.8) is 0 Å². The van der Waals surface area contributed by atoms with Crippen molar-refractivity contribution in [2.24, 2.45) is 0 Å². The van der Waals surface area contributed by atoms with Crippen LogP contribution in [0.25, 0.3) is 10.8 Å². The van der Waals surface area contributed by atoms with E-state index in [1.54, 1.807) is 7.11 Å². The van der Waals surface area contributed by atoms with Gasteiger partial charge in [0, 0.05) is 11.6 Å². The number of hydrogen-bond acceptors (Lipinski definition) is 2. The molecule has 0 aliphatic rings. The number of anilines is 1. The van der Waals surface area contributed by atoms with Gasteiger partial charge in [-0.1, -0.05) is 36.4 Å². The molecule has 3 aromatic carbocycles. The minimum Gasteiger partial charge on any atom is -0.497 e. The summed E-state index contributed by atoms with van der Waals surface area (Å²) >= 11 is 6.17. The first-order valence-electron chi connectivity index (χ1n) is 7.25. The molecule has 0 saturated heterocycles. The molecule has 0 radical (unpaired) electrons. The SMILES string of the molecule is COc1ccc(N[C@@H](CCl)c2ccc3ccccc3c2)cc1. The molecule has 0 spiro atoms. The van der Waals surface area contributed by atoms with E-state index in [4.69, 9.17) is 16.3 Å². The summed E-state index contributed by atoms with van der Waals surface area (Å²) in [6.07, 6.45) is 0. The predicted molar refractivity (Wildman–Crippen MR) is 94.0 cm³/mol. The lowest BCUT2D eigenvalue weighted by atomic mass is 10.0. The molecular weight excluding hydrogens is 294 g/mol. The minimum absolute atomic E-state index is 0.0691. The Kier molecular flexibility index (Phi) is 4.50. The third-order valence-electron chi connectivity index (χ3n) is 3.76. The summed E-state index contributed by atoms with van der Waals surface area (Å²) < 4.78 is 5.18. The van der Waals surface area contributed by atoms with E-state index in [2.05, 4.69) is 47.8 Å². The fourth-order valence-electron chi connectivity index (χ4n) is 2.52. The molecule has 112 valence electrons. The molecular formula is C19H18ClNO. The van der Waals surface area contributed by atoms with Gasteiger partial charge in [-0.2, -0.15) is 0 Å². The fourth-order valence-corrected chi connectivity index (χ4v) is 2.78. The highest BCUT2D eigenvalue weighted by atomic mass is 35.5. The molecule has 3 heteroatoms. The molecule has 0 aliphatic heterocycles. The molecule has 0 aromatic heterocycles. The first-order valence-corrected chi connectivity index (χ1v) is 7.79. The maximum absolute atomic E-state index is 6.17. The number of fused-ring (bicyclic) bond motifs is 1. The zero-order valence-corrected chi connectivity index (χ0v) is 13.2. The van der Waals surface area contributed by atoms with Gasteiger partial charge in [-0.25, -0.2) is 0 Å². The lowest BCUT2D eigenvalue weighted by molar-refractivity contribution is 0.415. The van der Waals surface area contributed by atoms with Gasteiger partial charge in [0.1, 0.15) is 5.75 Å². The molecule has 0 saturated carbocycles. The van der Waals surface area contributed by atoms with Crippen molar-refractivity contribution in [1.29, 1.82) is 0 Å². The van der Waals surface area contributed by atoms with Crippen molar-refractivity contribution < 1.29 is 4.74 Å². The first-order chi connectivity index (χ1) is 10.8. The lowest BCUT2D eigenvalue weighted by Gasteiger charge is -2.18. The van der Waals surface area contributed by atoms with Gasteiger partial charge in [0.2, 0.25) is 0 Å². The average molecular weight is 312 g/mol. The second-order valence-electron chi connectivity index (χ2n) is 5.19. The molecule has 22 heavy (non-hydrogen) atoms. The van der Waals surface area contributed by atoms with Gasteiger partial charge < -0.3 is 10.1 Å². The smallest absolute Gasteiger partial charge is 0.119 e. The van der Waals surface area contributed by atoms with Crippen LogP contribution in [0.2, 0.25) is 0 Å². The van der Waals surface area contributed by atoms with E-state index in [-0.39, 0.29) is 6.04 Å². The quantitative estimate of drug-likeness (QED) is 0.651. The highest BCUT2D eigenvalue weighted by molar-refractivity contribution is 6.18. The van der Waals surface area contributed by atoms with Crippen molar-refractivity contribution in [2.75, 3.05) is 18.3 Å². The van der Waals surface area contributed by atoms with Gasteiger partial charge in [0.05, 0.1) is 13.2 Å². The maximum Gasteiger partial charge on any atom is 0.119 e. The van der Waals surface area contributed by atoms with E-state index in [1.807, 2.05) is 24.3 Å². The minimum atomic E-state index is 0.0691. The van der Waals surface area contributed by atoms with E-state index in [0.717, 1.165) is 11.4 Å². The van der Waals surface area contributed by atoms with Crippen molar-refractivity contribution in [1.82, 2.24) is 0 Å². The van der Waals surface area contributed by atoms with Crippen LogP contribution in [0.5, 0.6) is 5.75 Å². The fraction of sp³-hybridized carbons (Fsp3) is 0.158. The van der Waals surface area contributed by atoms with Gasteiger partial charge in [0.25, 0.3) is 0 Å². The topological polar surface area (TPSA) is 21.3 Å². The summed E-state index contributed by atoms with van der Waals surface area (Å²) in [7, 11) is 1.67. The molecule has 0 heterocycles. The summed E-state index contributed by atoms with van der Waals surface area (Å²) in [5.74, 6) is 1.35. The largest absolute Gasteiger partial charge is 0.497 e. The molecule has 0 unspecified atom stereocenters. The normalized spacial score (nSPS) is 12.1. The Balaban J connectivity index is 1.85. The summed E-state index contributed by atoms with van der Waals surface area (Å²) in [6.45, 7) is 0. The van der Waals surface area contributed by atoms with Crippen LogP contribution in [0.3, 0.4) is 0 Å². The van der Waals surface area contributed by atoms with Gasteiger partial charge >= 0.3 is 0 Å². The van der Waals surface area contributed by atoms with Crippen LogP contribution in [0.15, 0.2) is 66.7 Å². The van der Waals surface area contributed by atoms with Crippen molar-refractivity contribution in [3.8, 4) is 5.75 Å². The molecule has 0 bridgehead atoms. The van der Waals surface area contributed by atoms with E-state index in [0.29, 0.717) is 5.88 Å². The van der Waals surface area contributed by atoms with Crippen molar-refractivity contribution in [3.05, 3.63) is 72.3 Å². The molecule has 1 N–H and O–H groups in total. The number of alkyl halides is 1. The Labute approximate surface area is 135 Å². The van der Waals surface area contributed by atoms with E-state index < -0.39 is 0 Å². The van der Waals surface area contributed by atoms with Crippen LogP contribution in [0, 0.1) is 0 Å². The first kappa shape index (κ1) is 14.7. The van der Waals surface area contributed by atoms with Crippen LogP contribution >= 0.6 is 11.6 Å². The van der Waals surface area contributed by atoms with Crippen LogP contribution in [-0.4, -0.2) is 13.0 Å². The van der Waals surface area contributed by atoms with Crippen LogP contribution in [-0.2, 0) is 0 Å². The van der Waals surface area contributed by atoms with E-state index >= 15 is 0 Å². The van der Waals surface area contributed by atoms with Gasteiger partial charge in [0.15, 0.2) is 0 Å². The Bertz CT molecular complexity index is 755. The lowest BCUT2D eigenvalue weighted by Crippen LogP contribution is -2.12. The van der Waals surface area contributed by atoms with Gasteiger partial charge in [-0.15, -0.1) is 11.6 Å². The Morgan fingerprint density at radius 2 is 1.68 bits per heavy atom. The molecule has 2 nitrogen and oxygen atoms in total. The number of ether oxygens (including phenoxy) is 1. The predicted octanol–water partition coefficient (Wildman–Crippen LogP) is 5.24. The third kappa shape index (κ3) is 3.18. The summed E-state index contributed by atoms with van der Waals surface area (Å²) in [5.41, 5.74) is 2.21. The van der Waals surface area contributed by atoms with Crippen LogP contribution in [0.4, 0.5) is 5.69 Å². The highest BCUT2D eigenvalue weighted by Crippen LogP contribution is 2.25. The van der Waals surface area contributed by atoms with Gasteiger partial charge in [-0.05, 0) is 46.7 Å². The highest BCUT2D eigenvalue weighted by Gasteiger charge is 2.10. The Morgan fingerprint density at radius 3 is 2.36 bits per heavy atom. The number of nitrogens with one attached hydrogen (secondary N) is 1. The van der Waals surface area contributed by atoms with Crippen LogP contribution < -0.4 is 10.1 Å². The molecule has 0 fully saturated rings. The van der Waals surface area contributed by atoms with Crippen LogP contribution in [0.1, 0.15) is 11.6 Å². The number of benzene rings is 3. The standard InChI is InChI=1S/C19H18ClNO/c1-22-18-10-8-17(9-11-18)21-19(13-20)16-7-6-14-4-2-3-5-15(14)12-16/h2-12,19,21H,13H2,1H3/t19-/m0/s1. The Hall–Kier alpha value is -2.19. The zero-order valence-electron chi connectivity index (χ0n) is 12.4. The number of rotatable bonds is 5. The Morgan fingerprint density at radius 1 is 0.955 bits per heavy atom. The summed E-state index contributed by atoms with van der Waals surface area (Å²) in [4.78, 5) is 0. The average Bonchev–Trinajstić information content (AvgIpc) is 2.59. The molecule has 3 aromatic rings. The summed E-state index contributed by atoms with van der Waals surface area (Å²) in [6, 6.07) is 22.8. The summed E-state index contributed by atoms with van der Waals surface area (Å²) in [5, 5.41) is 5.94. The van der Waals surface area contributed by atoms with Gasteiger partial charge in [-0.3, -0.25) is 0 Å². The molecule has 1 atom stereocenters. The monoisotopic (exact) mass is 311 g/mol. The molecule has 0 aliphatic carbocycles. The molecule has 0 amide bonds. The van der Waals surface area contributed by atoms with E-state index in [9.17, 15) is 0 Å². The van der Waals surface area contributed by atoms with Crippen molar-refractivity contribution >= 4 is 28.1 Å². The third-order valence-corrected chi connectivity index (χ3v) is 4.07. The molecule has 3 rings (SSSR count). The van der Waals surface area contributed by atoms with E-state index in [1.165, 1.54) is 16.3 Å². The van der Waals surface area contributed by atoms with Crippen molar-refractivity contribution in [2.45, 2.75) is 6.04 Å². The zero-order chi connectivity index (χ0) is 15.4. The number of methoxy groups -OCH3 is 1. The number of halogens is 1.